The van der Waals surface area contributed by atoms with Gasteiger partial charge in [-0.3, -0.25) is 4.79 Å². The zero-order valence-electron chi connectivity index (χ0n) is 16.4. The summed E-state index contributed by atoms with van der Waals surface area (Å²) in [6, 6.07) is 12.3. The number of amides is 1. The van der Waals surface area contributed by atoms with Gasteiger partial charge in [-0.1, -0.05) is 0 Å². The second-order valence-electron chi connectivity index (χ2n) is 6.78. The Hall–Kier alpha value is -2.65. The topological polar surface area (TPSA) is 70.2 Å². The van der Waals surface area contributed by atoms with Crippen molar-refractivity contribution in [2.75, 3.05) is 51.8 Å². The smallest absolute Gasteiger partial charge is 0.243 e. The van der Waals surface area contributed by atoms with Gasteiger partial charge in [0.05, 0.1) is 18.6 Å². The van der Waals surface area contributed by atoms with Crippen LogP contribution in [0.1, 0.15) is 0 Å². The fourth-order valence-electron chi connectivity index (χ4n) is 3.17. The van der Waals surface area contributed by atoms with Crippen molar-refractivity contribution >= 4 is 21.6 Å². The van der Waals surface area contributed by atoms with Gasteiger partial charge in [0.1, 0.15) is 11.6 Å². The molecule has 1 heterocycles. The predicted molar refractivity (Wildman–Crippen MR) is 108 cm³/mol. The molecule has 0 saturated carbocycles. The Morgan fingerprint density at radius 1 is 1.03 bits per heavy atom. The lowest BCUT2D eigenvalue weighted by molar-refractivity contribution is -0.131. The van der Waals surface area contributed by atoms with Crippen molar-refractivity contribution < 1.29 is 22.3 Å². The molecule has 3 rings (SSSR count). The largest absolute Gasteiger partial charge is 0.497 e. The van der Waals surface area contributed by atoms with E-state index >= 15 is 0 Å². The number of benzene rings is 2. The molecule has 0 N–H and O–H groups in total. The molecule has 156 valence electrons. The number of sulfonamides is 1. The quantitative estimate of drug-likeness (QED) is 0.712. The number of nitrogens with zero attached hydrogens (tertiary/aromatic N) is 3. The fourth-order valence-corrected chi connectivity index (χ4v) is 4.29. The van der Waals surface area contributed by atoms with Crippen LogP contribution < -0.4 is 9.64 Å². The molecule has 1 aliphatic rings. The van der Waals surface area contributed by atoms with Gasteiger partial charge < -0.3 is 14.5 Å². The summed E-state index contributed by atoms with van der Waals surface area (Å²) in [6.07, 6.45) is 0. The van der Waals surface area contributed by atoms with Crippen molar-refractivity contribution in [3.05, 3.63) is 54.3 Å². The molecule has 0 bridgehead atoms. The van der Waals surface area contributed by atoms with Crippen molar-refractivity contribution in [2.45, 2.75) is 4.90 Å². The maximum Gasteiger partial charge on any atom is 0.243 e. The molecule has 0 spiro atoms. The minimum Gasteiger partial charge on any atom is -0.497 e. The predicted octanol–water partition coefficient (Wildman–Crippen LogP) is 1.80. The van der Waals surface area contributed by atoms with Crippen LogP contribution >= 0.6 is 0 Å². The van der Waals surface area contributed by atoms with E-state index in [2.05, 4.69) is 4.90 Å². The van der Waals surface area contributed by atoms with Crippen molar-refractivity contribution in [2.24, 2.45) is 0 Å². The Bertz CT molecular complexity index is 941. The highest BCUT2D eigenvalue weighted by Gasteiger charge is 2.27. The summed E-state index contributed by atoms with van der Waals surface area (Å²) in [4.78, 5) is 16.4. The first-order chi connectivity index (χ1) is 13.8. The molecule has 0 atom stereocenters. The lowest BCUT2D eigenvalue weighted by atomic mass is 10.2. The maximum absolute atomic E-state index is 13.0. The molecule has 0 aliphatic carbocycles. The number of anilines is 1. The molecule has 2 aromatic rings. The SMILES string of the molecule is COc1ccc(N2CCN(C(=O)CN(C)S(=O)(=O)c3ccc(F)cc3)CC2)cc1. The van der Waals surface area contributed by atoms with E-state index in [1.54, 1.807) is 12.0 Å². The summed E-state index contributed by atoms with van der Waals surface area (Å²) in [5, 5.41) is 0. The third kappa shape index (κ3) is 4.86. The number of likely N-dealkylation sites (N-methyl/N-ethyl adjacent to an activating group) is 1. The summed E-state index contributed by atoms with van der Waals surface area (Å²) in [7, 11) is -0.884. The van der Waals surface area contributed by atoms with Crippen LogP contribution in [0.3, 0.4) is 0 Å². The van der Waals surface area contributed by atoms with Gasteiger partial charge in [0.25, 0.3) is 0 Å². The van der Waals surface area contributed by atoms with Crippen LogP contribution in [0, 0.1) is 5.82 Å². The zero-order chi connectivity index (χ0) is 21.0. The van der Waals surface area contributed by atoms with Gasteiger partial charge in [-0.15, -0.1) is 0 Å². The first kappa shape index (κ1) is 21.1. The lowest BCUT2D eigenvalue weighted by Gasteiger charge is -2.36. The van der Waals surface area contributed by atoms with Crippen LogP contribution in [0.2, 0.25) is 0 Å². The summed E-state index contributed by atoms with van der Waals surface area (Å²) >= 11 is 0. The minimum absolute atomic E-state index is 0.0430. The van der Waals surface area contributed by atoms with Gasteiger partial charge >= 0.3 is 0 Å². The average molecular weight is 421 g/mol. The van der Waals surface area contributed by atoms with E-state index in [-0.39, 0.29) is 17.3 Å². The van der Waals surface area contributed by atoms with E-state index in [1.165, 1.54) is 19.2 Å². The van der Waals surface area contributed by atoms with Crippen LogP contribution in [0.5, 0.6) is 5.75 Å². The Labute approximate surface area is 170 Å². The molecule has 0 aromatic heterocycles. The van der Waals surface area contributed by atoms with Gasteiger partial charge in [-0.2, -0.15) is 4.31 Å². The van der Waals surface area contributed by atoms with Gasteiger partial charge in [0, 0.05) is 38.9 Å². The molecule has 1 fully saturated rings. The molecule has 2 aromatic carbocycles. The number of carbonyl (C=O) groups excluding carboxylic acids is 1. The van der Waals surface area contributed by atoms with E-state index in [1.807, 2.05) is 24.3 Å². The van der Waals surface area contributed by atoms with E-state index in [0.717, 1.165) is 27.9 Å². The van der Waals surface area contributed by atoms with E-state index in [9.17, 15) is 17.6 Å². The van der Waals surface area contributed by atoms with Crippen molar-refractivity contribution in [3.8, 4) is 5.75 Å². The molecule has 29 heavy (non-hydrogen) atoms. The van der Waals surface area contributed by atoms with E-state index < -0.39 is 15.8 Å². The molecule has 7 nitrogen and oxygen atoms in total. The molecule has 9 heteroatoms. The van der Waals surface area contributed by atoms with Crippen LogP contribution in [0.4, 0.5) is 10.1 Å². The highest BCUT2D eigenvalue weighted by atomic mass is 32.2. The van der Waals surface area contributed by atoms with Crippen LogP contribution in [-0.4, -0.2) is 70.4 Å². The van der Waals surface area contributed by atoms with Gasteiger partial charge in [0.15, 0.2) is 0 Å². The normalized spacial score (nSPS) is 14.9. The second-order valence-corrected chi connectivity index (χ2v) is 8.83. The lowest BCUT2D eigenvalue weighted by Crippen LogP contribution is -2.51. The molecule has 1 amide bonds. The van der Waals surface area contributed by atoms with Crippen LogP contribution in [0.25, 0.3) is 0 Å². The standard InChI is InChI=1S/C20H24FN3O4S/c1-22(29(26,27)19-9-3-16(21)4-10-19)15-20(25)24-13-11-23(12-14-24)17-5-7-18(28-2)8-6-17/h3-10H,11-15H2,1-2H3. The Kier molecular flexibility index (Phi) is 6.39. The molecule has 1 saturated heterocycles. The Balaban J connectivity index is 1.56. The number of ether oxygens (including phenoxy) is 1. The van der Waals surface area contributed by atoms with E-state index in [4.69, 9.17) is 4.74 Å². The highest BCUT2D eigenvalue weighted by molar-refractivity contribution is 7.89. The van der Waals surface area contributed by atoms with Gasteiger partial charge in [-0.25, -0.2) is 12.8 Å². The first-order valence-electron chi connectivity index (χ1n) is 9.20. The highest BCUT2D eigenvalue weighted by Crippen LogP contribution is 2.21. The Morgan fingerprint density at radius 3 is 2.17 bits per heavy atom. The van der Waals surface area contributed by atoms with Crippen LogP contribution in [-0.2, 0) is 14.8 Å². The summed E-state index contributed by atoms with van der Waals surface area (Å²) in [5.41, 5.74) is 1.05. The number of piperazine rings is 1. The number of hydrogen-bond donors (Lipinski definition) is 0. The summed E-state index contributed by atoms with van der Waals surface area (Å²) < 4.78 is 44.3. The number of rotatable bonds is 6. The third-order valence-corrected chi connectivity index (χ3v) is 6.77. The number of carbonyl (C=O) groups is 1. The molecule has 0 radical (unpaired) electrons. The van der Waals surface area contributed by atoms with E-state index in [0.29, 0.717) is 26.2 Å². The first-order valence-corrected chi connectivity index (χ1v) is 10.6. The van der Waals surface area contributed by atoms with Gasteiger partial charge in [0.2, 0.25) is 15.9 Å². The summed E-state index contributed by atoms with van der Waals surface area (Å²) in [5.74, 6) is 0.0120. The number of halogens is 1. The molecular weight excluding hydrogens is 397 g/mol. The third-order valence-electron chi connectivity index (χ3n) is 4.95. The minimum atomic E-state index is -3.85. The van der Waals surface area contributed by atoms with Gasteiger partial charge in [-0.05, 0) is 48.5 Å². The number of methoxy groups -OCH3 is 1. The molecule has 0 unspecified atom stereocenters. The summed E-state index contributed by atoms with van der Waals surface area (Å²) in [6.45, 7) is 2.08. The zero-order valence-corrected chi connectivity index (χ0v) is 17.2. The van der Waals surface area contributed by atoms with Crippen molar-refractivity contribution in [3.63, 3.8) is 0 Å². The molecular formula is C20H24FN3O4S. The van der Waals surface area contributed by atoms with Crippen molar-refractivity contribution in [1.82, 2.24) is 9.21 Å². The second kappa shape index (κ2) is 8.79. The maximum atomic E-state index is 13.0. The number of hydrogen-bond acceptors (Lipinski definition) is 5. The molecule has 1 aliphatic heterocycles. The Morgan fingerprint density at radius 2 is 1.62 bits per heavy atom. The van der Waals surface area contributed by atoms with Crippen LogP contribution in [0.15, 0.2) is 53.4 Å². The monoisotopic (exact) mass is 421 g/mol. The average Bonchev–Trinajstić information content (AvgIpc) is 2.74. The fraction of sp³-hybridized carbons (Fsp3) is 0.350. The van der Waals surface area contributed by atoms with Crippen molar-refractivity contribution in [1.29, 1.82) is 0 Å².